The molecule has 0 aliphatic heterocycles. The van der Waals surface area contributed by atoms with Crippen LogP contribution < -0.4 is 0 Å². The normalized spacial score (nSPS) is 22.3. The molecule has 1 nitrogen and oxygen atoms in total. The van der Waals surface area contributed by atoms with Crippen molar-refractivity contribution in [3.63, 3.8) is 0 Å². The molecule has 2 rings (SSSR count). The summed E-state index contributed by atoms with van der Waals surface area (Å²) in [6, 6.07) is 0. The van der Waals surface area contributed by atoms with Crippen LogP contribution in [0, 0.1) is 0 Å². The predicted octanol–water partition coefficient (Wildman–Crippen LogP) is 4.48. The van der Waals surface area contributed by atoms with Crippen LogP contribution >= 0.6 is 0 Å². The van der Waals surface area contributed by atoms with Crippen LogP contribution in [-0.2, 0) is 4.74 Å². The van der Waals surface area contributed by atoms with Gasteiger partial charge in [0.1, 0.15) is 5.76 Å². The Labute approximate surface area is 92.5 Å². The van der Waals surface area contributed by atoms with Crippen LogP contribution in [0.15, 0.2) is 35.8 Å². The Morgan fingerprint density at radius 2 is 1.87 bits per heavy atom. The van der Waals surface area contributed by atoms with E-state index in [1.165, 1.54) is 56.3 Å². The van der Waals surface area contributed by atoms with Gasteiger partial charge in [-0.2, -0.15) is 0 Å². The molecule has 0 radical (unpaired) electrons. The fourth-order valence-corrected chi connectivity index (χ4v) is 2.56. The van der Waals surface area contributed by atoms with Crippen LogP contribution in [-0.4, -0.2) is 0 Å². The lowest BCUT2D eigenvalue weighted by atomic mass is 9.86. The maximum atomic E-state index is 5.55. The summed E-state index contributed by atoms with van der Waals surface area (Å²) in [6.45, 7) is 3.66. The summed E-state index contributed by atoms with van der Waals surface area (Å²) in [5, 5.41) is 0. The van der Waals surface area contributed by atoms with E-state index in [2.05, 4.69) is 12.7 Å². The minimum Gasteiger partial charge on any atom is -0.470 e. The Bertz CT molecular complexity index is 296. The molecular weight excluding hydrogens is 184 g/mol. The molecule has 0 heterocycles. The smallest absolute Gasteiger partial charge is 0.107 e. The predicted molar refractivity (Wildman–Crippen MR) is 63.3 cm³/mol. The molecule has 2 aliphatic rings. The van der Waals surface area contributed by atoms with Gasteiger partial charge in [0.25, 0.3) is 0 Å². The molecule has 0 N–H and O–H groups in total. The van der Waals surface area contributed by atoms with Gasteiger partial charge in [-0.3, -0.25) is 0 Å². The van der Waals surface area contributed by atoms with Gasteiger partial charge in [0.15, 0.2) is 0 Å². The fourth-order valence-electron chi connectivity index (χ4n) is 2.56. The van der Waals surface area contributed by atoms with Crippen LogP contribution in [0.4, 0.5) is 0 Å². The molecule has 0 saturated carbocycles. The third-order valence-electron chi connectivity index (χ3n) is 3.32. The topological polar surface area (TPSA) is 9.23 Å². The van der Waals surface area contributed by atoms with E-state index in [1.54, 1.807) is 11.8 Å². The van der Waals surface area contributed by atoms with Gasteiger partial charge in [-0.1, -0.05) is 12.7 Å². The molecule has 15 heavy (non-hydrogen) atoms. The molecule has 2 aliphatic carbocycles. The highest BCUT2D eigenvalue weighted by Crippen LogP contribution is 2.34. The Hall–Kier alpha value is -0.980. The van der Waals surface area contributed by atoms with Gasteiger partial charge in [0, 0.05) is 6.42 Å². The van der Waals surface area contributed by atoms with E-state index in [4.69, 9.17) is 4.74 Å². The molecule has 1 heteroatoms. The van der Waals surface area contributed by atoms with Crippen molar-refractivity contribution in [1.82, 2.24) is 0 Å². The Kier molecular flexibility index (Phi) is 3.65. The third kappa shape index (κ3) is 2.53. The average molecular weight is 204 g/mol. The number of rotatable bonds is 3. The summed E-state index contributed by atoms with van der Waals surface area (Å²) in [6.07, 6.45) is 14.1. The molecule has 0 spiro atoms. The van der Waals surface area contributed by atoms with Gasteiger partial charge in [0.05, 0.1) is 6.26 Å². The molecular formula is C14H20O. The largest absolute Gasteiger partial charge is 0.470 e. The van der Waals surface area contributed by atoms with Crippen molar-refractivity contribution in [3.8, 4) is 0 Å². The quantitative estimate of drug-likeness (QED) is 0.616. The lowest BCUT2D eigenvalue weighted by Crippen LogP contribution is -2.05. The first-order valence-corrected chi connectivity index (χ1v) is 6.11. The summed E-state index contributed by atoms with van der Waals surface area (Å²) in [5.41, 5.74) is 3.04. The van der Waals surface area contributed by atoms with Gasteiger partial charge in [0.2, 0.25) is 0 Å². The van der Waals surface area contributed by atoms with Crippen molar-refractivity contribution in [2.24, 2.45) is 0 Å². The summed E-state index contributed by atoms with van der Waals surface area (Å²) >= 11 is 0. The van der Waals surface area contributed by atoms with Crippen LogP contribution in [0.2, 0.25) is 0 Å². The highest BCUT2D eigenvalue weighted by molar-refractivity contribution is 5.35. The maximum Gasteiger partial charge on any atom is 0.107 e. The summed E-state index contributed by atoms with van der Waals surface area (Å²) < 4.78 is 5.55. The number of allylic oxidation sites excluding steroid dienone is 4. The summed E-state index contributed by atoms with van der Waals surface area (Å²) in [7, 11) is 0. The van der Waals surface area contributed by atoms with Gasteiger partial charge < -0.3 is 4.74 Å². The zero-order chi connectivity index (χ0) is 10.5. The second kappa shape index (κ2) is 5.20. The third-order valence-corrected chi connectivity index (χ3v) is 3.32. The Morgan fingerprint density at radius 1 is 1.07 bits per heavy atom. The van der Waals surface area contributed by atoms with E-state index in [9.17, 15) is 0 Å². The van der Waals surface area contributed by atoms with Crippen molar-refractivity contribution < 1.29 is 4.74 Å². The first-order chi connectivity index (χ1) is 7.42. The SMILES string of the molecule is C=COC1=C(C2=CCCCC2)CCCC1. The van der Waals surface area contributed by atoms with Crippen LogP contribution in [0.25, 0.3) is 0 Å². The van der Waals surface area contributed by atoms with E-state index in [-0.39, 0.29) is 0 Å². The summed E-state index contributed by atoms with van der Waals surface area (Å²) in [5.74, 6) is 1.18. The van der Waals surface area contributed by atoms with Crippen molar-refractivity contribution in [1.29, 1.82) is 0 Å². The van der Waals surface area contributed by atoms with E-state index in [1.807, 2.05) is 0 Å². The Morgan fingerprint density at radius 3 is 2.60 bits per heavy atom. The molecule has 0 aromatic carbocycles. The van der Waals surface area contributed by atoms with E-state index in [0.29, 0.717) is 0 Å². The highest BCUT2D eigenvalue weighted by Gasteiger charge is 2.18. The van der Waals surface area contributed by atoms with Crippen molar-refractivity contribution >= 4 is 0 Å². The number of hydrogen-bond donors (Lipinski definition) is 0. The molecule has 0 aromatic heterocycles. The standard InChI is InChI=1S/C14H20O/c1-2-15-14-11-7-6-10-13(14)12-8-4-3-5-9-12/h2,8H,1,3-7,9-11H2. The van der Waals surface area contributed by atoms with Gasteiger partial charge >= 0.3 is 0 Å². The second-order valence-corrected chi connectivity index (χ2v) is 4.37. The minimum absolute atomic E-state index is 1.10. The highest BCUT2D eigenvalue weighted by atomic mass is 16.5. The Balaban J connectivity index is 2.20. The molecule has 0 saturated heterocycles. The van der Waals surface area contributed by atoms with E-state index < -0.39 is 0 Å². The fraction of sp³-hybridized carbons (Fsp3) is 0.571. The second-order valence-electron chi connectivity index (χ2n) is 4.37. The number of ether oxygens (including phenoxy) is 1. The van der Waals surface area contributed by atoms with Crippen LogP contribution in [0.5, 0.6) is 0 Å². The molecule has 0 unspecified atom stereocenters. The van der Waals surface area contributed by atoms with Gasteiger partial charge in [-0.15, -0.1) is 0 Å². The zero-order valence-electron chi connectivity index (χ0n) is 9.43. The monoisotopic (exact) mass is 204 g/mol. The molecule has 0 fully saturated rings. The molecule has 82 valence electrons. The van der Waals surface area contributed by atoms with Crippen molar-refractivity contribution in [2.45, 2.75) is 51.4 Å². The average Bonchev–Trinajstić information content (AvgIpc) is 2.31. The first kappa shape index (κ1) is 10.5. The molecule has 0 atom stereocenters. The maximum absolute atomic E-state index is 5.55. The van der Waals surface area contributed by atoms with E-state index >= 15 is 0 Å². The first-order valence-electron chi connectivity index (χ1n) is 6.11. The lowest BCUT2D eigenvalue weighted by Gasteiger charge is -2.23. The molecule has 0 bridgehead atoms. The van der Waals surface area contributed by atoms with E-state index in [0.717, 1.165) is 6.42 Å². The molecule has 0 amide bonds. The lowest BCUT2D eigenvalue weighted by molar-refractivity contribution is 0.314. The van der Waals surface area contributed by atoms with Gasteiger partial charge in [-0.25, -0.2) is 0 Å². The van der Waals surface area contributed by atoms with Crippen molar-refractivity contribution in [2.75, 3.05) is 0 Å². The van der Waals surface area contributed by atoms with Crippen LogP contribution in [0.3, 0.4) is 0 Å². The summed E-state index contributed by atoms with van der Waals surface area (Å²) in [4.78, 5) is 0. The van der Waals surface area contributed by atoms with Crippen molar-refractivity contribution in [3.05, 3.63) is 35.8 Å². The van der Waals surface area contributed by atoms with Crippen LogP contribution in [0.1, 0.15) is 51.4 Å². The molecule has 0 aromatic rings. The number of hydrogen-bond acceptors (Lipinski definition) is 1. The minimum atomic E-state index is 1.10. The van der Waals surface area contributed by atoms with Gasteiger partial charge in [-0.05, 0) is 56.1 Å². The zero-order valence-corrected chi connectivity index (χ0v) is 9.43.